The van der Waals surface area contributed by atoms with E-state index in [2.05, 4.69) is 5.16 Å². The third kappa shape index (κ3) is 2.95. The molecule has 1 saturated carbocycles. The molecule has 0 spiro atoms. The summed E-state index contributed by atoms with van der Waals surface area (Å²) in [5.41, 5.74) is 0.416. The van der Waals surface area contributed by atoms with Crippen LogP contribution < -0.4 is 0 Å². The van der Waals surface area contributed by atoms with E-state index in [0.29, 0.717) is 16.3 Å². The molecule has 0 aliphatic heterocycles. The Morgan fingerprint density at radius 3 is 2.58 bits per heavy atom. The predicted octanol–water partition coefficient (Wildman–Crippen LogP) is 4.27. The van der Waals surface area contributed by atoms with Crippen molar-refractivity contribution in [3.8, 4) is 0 Å². The molecule has 0 bridgehead atoms. The van der Waals surface area contributed by atoms with Crippen LogP contribution in [0, 0.1) is 0 Å². The fraction of sp³-hybridized carbons (Fsp3) is 0.158. The van der Waals surface area contributed by atoms with Crippen LogP contribution in [0.15, 0.2) is 69.0 Å². The first-order valence-corrected chi connectivity index (χ1v) is 9.93. The van der Waals surface area contributed by atoms with Gasteiger partial charge in [-0.1, -0.05) is 35.0 Å². The molecule has 3 aromatic rings. The van der Waals surface area contributed by atoms with Crippen LogP contribution in [0.5, 0.6) is 0 Å². The smallest absolute Gasteiger partial charge is 0.207 e. The highest BCUT2D eigenvalue weighted by atomic mass is 35.5. The molecule has 1 fully saturated rings. The molecular weight excluding hydrogens is 374 g/mol. The Hall–Kier alpha value is -2.44. The number of rotatable bonds is 5. The fourth-order valence-corrected chi connectivity index (χ4v) is 4.61. The van der Waals surface area contributed by atoms with E-state index in [1.54, 1.807) is 24.3 Å². The van der Waals surface area contributed by atoms with Crippen molar-refractivity contribution < 1.29 is 17.7 Å². The molecule has 0 radical (unpaired) electrons. The number of sulfone groups is 1. The zero-order valence-corrected chi connectivity index (χ0v) is 15.1. The van der Waals surface area contributed by atoms with E-state index in [9.17, 15) is 13.2 Å². The Morgan fingerprint density at radius 2 is 1.85 bits per heavy atom. The van der Waals surface area contributed by atoms with Crippen molar-refractivity contribution in [1.29, 1.82) is 0 Å². The first-order chi connectivity index (χ1) is 12.5. The zero-order chi connectivity index (χ0) is 18.3. The van der Waals surface area contributed by atoms with Crippen LogP contribution in [0.4, 0.5) is 0 Å². The van der Waals surface area contributed by atoms with E-state index in [-0.39, 0.29) is 21.3 Å². The van der Waals surface area contributed by atoms with Gasteiger partial charge in [0.05, 0.1) is 21.6 Å². The minimum atomic E-state index is -3.90. The number of carbonyl (C=O) groups excluding carboxylic acids is 1. The summed E-state index contributed by atoms with van der Waals surface area (Å²) in [6.07, 6.45) is 3.24. The van der Waals surface area contributed by atoms with Crippen molar-refractivity contribution in [3.05, 3.63) is 76.6 Å². The van der Waals surface area contributed by atoms with Gasteiger partial charge in [0.2, 0.25) is 9.84 Å². The Labute approximate surface area is 155 Å². The fourth-order valence-electron chi connectivity index (χ4n) is 2.85. The van der Waals surface area contributed by atoms with Crippen molar-refractivity contribution in [2.24, 2.45) is 0 Å². The lowest BCUT2D eigenvalue weighted by Gasteiger charge is -2.10. The molecular formula is C19H14ClNO4S. The number of hydrogen-bond acceptors (Lipinski definition) is 5. The Bertz CT molecular complexity index is 1100. The molecule has 4 rings (SSSR count). The van der Waals surface area contributed by atoms with Crippen LogP contribution >= 0.6 is 11.6 Å². The molecule has 0 amide bonds. The molecule has 7 heteroatoms. The van der Waals surface area contributed by atoms with Gasteiger partial charge in [-0.3, -0.25) is 4.79 Å². The summed E-state index contributed by atoms with van der Waals surface area (Å²) in [6, 6.07) is 12.1. The van der Waals surface area contributed by atoms with E-state index < -0.39 is 15.6 Å². The van der Waals surface area contributed by atoms with E-state index in [0.717, 1.165) is 12.8 Å². The van der Waals surface area contributed by atoms with Crippen LogP contribution in [0.3, 0.4) is 0 Å². The van der Waals surface area contributed by atoms with Gasteiger partial charge in [0.25, 0.3) is 0 Å². The first kappa shape index (κ1) is 17.0. The number of nitrogens with zero attached hydrogens (tertiary/aromatic N) is 1. The van der Waals surface area contributed by atoms with Gasteiger partial charge in [-0.05, 0) is 43.2 Å². The Morgan fingerprint density at radius 1 is 1.08 bits per heavy atom. The summed E-state index contributed by atoms with van der Waals surface area (Å²) >= 11 is 5.93. The number of ketones is 1. The number of hydrogen-bond donors (Lipinski definition) is 0. The summed E-state index contributed by atoms with van der Waals surface area (Å²) in [4.78, 5) is 13.0. The lowest BCUT2D eigenvalue weighted by Crippen LogP contribution is -2.11. The van der Waals surface area contributed by atoms with E-state index in [4.69, 9.17) is 16.1 Å². The summed E-state index contributed by atoms with van der Waals surface area (Å²) in [5, 5.41) is 4.04. The zero-order valence-electron chi connectivity index (χ0n) is 13.6. The molecule has 0 N–H and O–H groups in total. The van der Waals surface area contributed by atoms with E-state index >= 15 is 0 Å². The highest BCUT2D eigenvalue weighted by Gasteiger charge is 2.34. The lowest BCUT2D eigenvalue weighted by atomic mass is 10.0. The van der Waals surface area contributed by atoms with Crippen LogP contribution in [0.2, 0.25) is 5.02 Å². The van der Waals surface area contributed by atoms with E-state index in [1.807, 2.05) is 0 Å². The highest BCUT2D eigenvalue weighted by molar-refractivity contribution is 7.91. The monoisotopic (exact) mass is 387 g/mol. The predicted molar refractivity (Wildman–Crippen MR) is 95.3 cm³/mol. The standard InChI is InChI=1S/C19H14ClNO4S/c20-13-4-3-5-14(10-13)26(23,24)17-7-2-1-6-15(17)18(22)16-11-21-25-19(16)12-8-9-12/h1-7,10-12H,8-9H2. The van der Waals surface area contributed by atoms with Gasteiger partial charge >= 0.3 is 0 Å². The second-order valence-corrected chi connectivity index (χ2v) is 8.52. The minimum Gasteiger partial charge on any atom is -0.360 e. The van der Waals surface area contributed by atoms with Gasteiger partial charge in [0.1, 0.15) is 0 Å². The van der Waals surface area contributed by atoms with Crippen LogP contribution in [0.25, 0.3) is 0 Å². The van der Waals surface area contributed by atoms with Crippen LogP contribution in [-0.2, 0) is 9.84 Å². The number of halogens is 1. The summed E-state index contributed by atoms with van der Waals surface area (Å²) in [6.45, 7) is 0. The summed E-state index contributed by atoms with van der Waals surface area (Å²) in [7, 11) is -3.90. The quantitative estimate of drug-likeness (QED) is 0.611. The Kier molecular flexibility index (Phi) is 4.17. The maximum atomic E-state index is 13.1. The maximum absolute atomic E-state index is 13.1. The van der Waals surface area contributed by atoms with Gasteiger partial charge in [-0.2, -0.15) is 0 Å². The molecule has 5 nitrogen and oxygen atoms in total. The van der Waals surface area contributed by atoms with Crippen molar-refractivity contribution >= 4 is 27.2 Å². The van der Waals surface area contributed by atoms with Gasteiger partial charge < -0.3 is 4.52 Å². The minimum absolute atomic E-state index is 0.0398. The van der Waals surface area contributed by atoms with Crippen molar-refractivity contribution in [1.82, 2.24) is 5.16 Å². The number of benzene rings is 2. The molecule has 1 aromatic heterocycles. The largest absolute Gasteiger partial charge is 0.360 e. The topological polar surface area (TPSA) is 77.2 Å². The second kappa shape index (κ2) is 6.37. The molecule has 1 aliphatic carbocycles. The highest BCUT2D eigenvalue weighted by Crippen LogP contribution is 2.42. The third-order valence-electron chi connectivity index (χ3n) is 4.32. The first-order valence-electron chi connectivity index (χ1n) is 8.07. The molecule has 1 aliphatic rings. The number of carbonyl (C=O) groups is 1. The molecule has 2 aromatic carbocycles. The van der Waals surface area contributed by atoms with Crippen molar-refractivity contribution in [2.45, 2.75) is 28.6 Å². The van der Waals surface area contributed by atoms with Crippen molar-refractivity contribution in [3.63, 3.8) is 0 Å². The molecule has 132 valence electrons. The molecule has 0 saturated heterocycles. The molecule has 0 atom stereocenters. The van der Waals surface area contributed by atoms with Crippen molar-refractivity contribution in [2.75, 3.05) is 0 Å². The van der Waals surface area contributed by atoms with Gasteiger partial charge in [0.15, 0.2) is 11.5 Å². The maximum Gasteiger partial charge on any atom is 0.207 e. The lowest BCUT2D eigenvalue weighted by molar-refractivity contribution is 0.103. The van der Waals surface area contributed by atoms with Crippen LogP contribution in [0.1, 0.15) is 40.4 Å². The summed E-state index contributed by atoms with van der Waals surface area (Å²) in [5.74, 6) is 0.312. The van der Waals surface area contributed by atoms with E-state index in [1.165, 1.54) is 30.5 Å². The van der Waals surface area contributed by atoms with Gasteiger partial charge in [-0.15, -0.1) is 0 Å². The SMILES string of the molecule is O=C(c1ccccc1S(=O)(=O)c1cccc(Cl)c1)c1cnoc1C1CC1. The number of aromatic nitrogens is 1. The third-order valence-corrected chi connectivity index (χ3v) is 6.36. The summed E-state index contributed by atoms with van der Waals surface area (Å²) < 4.78 is 31.3. The van der Waals surface area contributed by atoms with Gasteiger partial charge in [0, 0.05) is 16.5 Å². The van der Waals surface area contributed by atoms with Crippen LogP contribution in [-0.4, -0.2) is 19.4 Å². The average molecular weight is 388 g/mol. The second-order valence-electron chi connectivity index (χ2n) is 6.16. The van der Waals surface area contributed by atoms with Gasteiger partial charge in [-0.25, -0.2) is 8.42 Å². The molecule has 1 heterocycles. The molecule has 0 unspecified atom stereocenters. The Balaban J connectivity index is 1.82. The normalized spacial score (nSPS) is 14.3. The average Bonchev–Trinajstić information content (AvgIpc) is 3.37. The molecule has 26 heavy (non-hydrogen) atoms.